The molecular formula is C18H20O6S. The molecular weight excluding hydrogens is 344 g/mol. The van der Waals surface area contributed by atoms with Crippen molar-refractivity contribution in [1.82, 2.24) is 0 Å². The van der Waals surface area contributed by atoms with Gasteiger partial charge in [0, 0.05) is 0 Å². The maximum atomic E-state index is 11.6. The molecule has 0 unspecified atom stereocenters. The molecule has 3 rings (SSSR count). The molecule has 0 spiro atoms. The van der Waals surface area contributed by atoms with Crippen molar-refractivity contribution in [3.05, 3.63) is 71.8 Å². The van der Waals surface area contributed by atoms with Crippen LogP contribution in [0.3, 0.4) is 0 Å². The van der Waals surface area contributed by atoms with E-state index in [-0.39, 0.29) is 13.2 Å². The Morgan fingerprint density at radius 1 is 0.760 bits per heavy atom. The lowest BCUT2D eigenvalue weighted by Gasteiger charge is -2.23. The zero-order valence-electron chi connectivity index (χ0n) is 13.6. The highest BCUT2D eigenvalue weighted by atomic mass is 32.3. The molecule has 7 heteroatoms. The fourth-order valence-corrected chi connectivity index (χ4v) is 3.08. The average Bonchev–Trinajstić information content (AvgIpc) is 2.78. The van der Waals surface area contributed by atoms with Crippen molar-refractivity contribution in [3.8, 4) is 0 Å². The fourth-order valence-electron chi connectivity index (χ4n) is 2.42. The molecule has 2 aromatic rings. The summed E-state index contributed by atoms with van der Waals surface area (Å²) in [6.07, 6.45) is -1.11. The smallest absolute Gasteiger partial charge is 0.368 e. The monoisotopic (exact) mass is 364 g/mol. The molecule has 1 aliphatic rings. The zero-order valence-corrected chi connectivity index (χ0v) is 14.4. The highest BCUT2D eigenvalue weighted by Crippen LogP contribution is 2.18. The number of rotatable bonds is 6. The minimum Gasteiger partial charge on any atom is -0.368 e. The van der Waals surface area contributed by atoms with Crippen LogP contribution in [0.5, 0.6) is 0 Å². The van der Waals surface area contributed by atoms with E-state index in [0.717, 1.165) is 11.1 Å². The van der Waals surface area contributed by atoms with Crippen molar-refractivity contribution in [1.29, 1.82) is 0 Å². The maximum absolute atomic E-state index is 11.6. The highest BCUT2D eigenvalue weighted by Gasteiger charge is 2.32. The van der Waals surface area contributed by atoms with E-state index in [2.05, 4.69) is 0 Å². The molecule has 0 aromatic heterocycles. The van der Waals surface area contributed by atoms with E-state index >= 15 is 0 Å². The van der Waals surface area contributed by atoms with Gasteiger partial charge in [-0.05, 0) is 11.1 Å². The molecule has 0 N–H and O–H groups in total. The van der Waals surface area contributed by atoms with Crippen LogP contribution in [-0.4, -0.2) is 33.8 Å². The molecule has 2 aromatic carbocycles. The molecule has 6 nitrogen and oxygen atoms in total. The first-order valence-electron chi connectivity index (χ1n) is 7.97. The van der Waals surface area contributed by atoms with Crippen molar-refractivity contribution < 1.29 is 26.3 Å². The van der Waals surface area contributed by atoms with E-state index in [0.29, 0.717) is 13.2 Å². The van der Waals surface area contributed by atoms with Crippen molar-refractivity contribution in [2.24, 2.45) is 0 Å². The summed E-state index contributed by atoms with van der Waals surface area (Å²) >= 11 is 0. The van der Waals surface area contributed by atoms with E-state index in [4.69, 9.17) is 17.8 Å². The highest BCUT2D eigenvalue weighted by molar-refractivity contribution is 7.81. The van der Waals surface area contributed by atoms with E-state index in [1.54, 1.807) is 0 Å². The third-order valence-electron chi connectivity index (χ3n) is 3.78. The number of hydrogen-bond acceptors (Lipinski definition) is 6. The molecule has 134 valence electrons. The minimum absolute atomic E-state index is 0.144. The first kappa shape index (κ1) is 18.0. The Hall–Kier alpha value is -1.77. The minimum atomic E-state index is -4.01. The van der Waals surface area contributed by atoms with E-state index in [9.17, 15) is 8.42 Å². The molecule has 1 fully saturated rings. The van der Waals surface area contributed by atoms with Crippen LogP contribution in [0.1, 0.15) is 11.1 Å². The lowest BCUT2D eigenvalue weighted by molar-refractivity contribution is -0.101. The molecule has 25 heavy (non-hydrogen) atoms. The first-order chi connectivity index (χ1) is 12.1. The summed E-state index contributed by atoms with van der Waals surface area (Å²) in [4.78, 5) is 0. The van der Waals surface area contributed by atoms with Gasteiger partial charge in [0.15, 0.2) is 0 Å². The fraction of sp³-hybridized carbons (Fsp3) is 0.333. The molecule has 1 aliphatic heterocycles. The van der Waals surface area contributed by atoms with Gasteiger partial charge in [0.2, 0.25) is 0 Å². The molecule has 0 saturated carbocycles. The van der Waals surface area contributed by atoms with Crippen LogP contribution in [0.25, 0.3) is 0 Å². The average molecular weight is 364 g/mol. The predicted molar refractivity (Wildman–Crippen MR) is 90.9 cm³/mol. The topological polar surface area (TPSA) is 71.1 Å². The molecule has 0 radical (unpaired) electrons. The lowest BCUT2D eigenvalue weighted by Crippen LogP contribution is -2.36. The third kappa shape index (κ3) is 5.62. The van der Waals surface area contributed by atoms with Crippen LogP contribution in [-0.2, 0) is 41.5 Å². The molecule has 1 saturated heterocycles. The van der Waals surface area contributed by atoms with E-state index in [1.807, 2.05) is 60.7 Å². The SMILES string of the molecule is O=S1(=O)OC[C@H](OCc2ccccc2)[C@@H](OCc2ccccc2)CO1. The Bertz CT molecular complexity index is 688. The standard InChI is InChI=1S/C18H20O6S/c19-25(20)23-13-17(21-11-15-7-3-1-4-8-15)18(14-24-25)22-12-16-9-5-2-6-10-16/h1-10,17-18H,11-14H2/t17-,18-/m0/s1. The summed E-state index contributed by atoms with van der Waals surface area (Å²) in [7, 11) is -4.01. The van der Waals surface area contributed by atoms with Gasteiger partial charge >= 0.3 is 10.4 Å². The van der Waals surface area contributed by atoms with Gasteiger partial charge in [0.25, 0.3) is 0 Å². The summed E-state index contributed by atoms with van der Waals surface area (Å²) < 4.78 is 44.4. The Labute approximate surface area is 147 Å². The van der Waals surface area contributed by atoms with Gasteiger partial charge in [0.05, 0.1) is 26.4 Å². The Kier molecular flexibility index (Phi) is 6.17. The second-order valence-electron chi connectivity index (χ2n) is 5.65. The van der Waals surface area contributed by atoms with Crippen LogP contribution >= 0.6 is 0 Å². The molecule has 0 aliphatic carbocycles. The molecule has 0 bridgehead atoms. The summed E-state index contributed by atoms with van der Waals surface area (Å²) in [5.74, 6) is 0. The Morgan fingerprint density at radius 3 is 1.56 bits per heavy atom. The first-order valence-corrected chi connectivity index (χ1v) is 9.30. The van der Waals surface area contributed by atoms with Gasteiger partial charge in [-0.25, -0.2) is 8.37 Å². The molecule has 2 atom stereocenters. The molecule has 0 amide bonds. The summed E-state index contributed by atoms with van der Waals surface area (Å²) in [6.45, 7) is 0.378. The second kappa shape index (κ2) is 8.55. The van der Waals surface area contributed by atoms with Crippen LogP contribution in [0.15, 0.2) is 60.7 Å². The van der Waals surface area contributed by atoms with Crippen molar-refractivity contribution >= 4 is 10.4 Å². The van der Waals surface area contributed by atoms with Gasteiger partial charge in [-0.2, -0.15) is 8.42 Å². The van der Waals surface area contributed by atoms with Gasteiger partial charge in [0.1, 0.15) is 12.2 Å². The van der Waals surface area contributed by atoms with Gasteiger partial charge in [-0.3, -0.25) is 0 Å². The number of benzene rings is 2. The van der Waals surface area contributed by atoms with Gasteiger partial charge in [-0.1, -0.05) is 60.7 Å². The predicted octanol–water partition coefficient (Wildman–Crippen LogP) is 2.45. The quantitative estimate of drug-likeness (QED) is 0.784. The van der Waals surface area contributed by atoms with Gasteiger partial charge in [-0.15, -0.1) is 0 Å². The summed E-state index contributed by atoms with van der Waals surface area (Å²) in [5.41, 5.74) is 1.97. The van der Waals surface area contributed by atoms with E-state index < -0.39 is 22.6 Å². The Morgan fingerprint density at radius 2 is 1.16 bits per heavy atom. The van der Waals surface area contributed by atoms with Crippen LogP contribution in [0.2, 0.25) is 0 Å². The maximum Gasteiger partial charge on any atom is 0.400 e. The zero-order chi connectivity index (χ0) is 17.5. The van der Waals surface area contributed by atoms with Crippen molar-refractivity contribution in [2.75, 3.05) is 13.2 Å². The van der Waals surface area contributed by atoms with Crippen LogP contribution < -0.4 is 0 Å². The van der Waals surface area contributed by atoms with Crippen molar-refractivity contribution in [2.45, 2.75) is 25.4 Å². The number of ether oxygens (including phenoxy) is 2. The van der Waals surface area contributed by atoms with Crippen LogP contribution in [0.4, 0.5) is 0 Å². The van der Waals surface area contributed by atoms with Gasteiger partial charge < -0.3 is 9.47 Å². The summed E-state index contributed by atoms with van der Waals surface area (Å²) in [6, 6.07) is 19.2. The number of hydrogen-bond donors (Lipinski definition) is 0. The normalized spacial score (nSPS) is 23.0. The van der Waals surface area contributed by atoms with E-state index in [1.165, 1.54) is 0 Å². The molecule has 1 heterocycles. The Balaban J connectivity index is 1.64. The lowest BCUT2D eigenvalue weighted by atomic mass is 10.2. The second-order valence-corrected chi connectivity index (χ2v) is 6.94. The third-order valence-corrected chi connectivity index (χ3v) is 4.63. The largest absolute Gasteiger partial charge is 0.400 e. The van der Waals surface area contributed by atoms with Crippen molar-refractivity contribution in [3.63, 3.8) is 0 Å². The summed E-state index contributed by atoms with van der Waals surface area (Å²) in [5, 5.41) is 0. The van der Waals surface area contributed by atoms with Crippen LogP contribution in [0, 0.1) is 0 Å².